The van der Waals surface area contributed by atoms with Gasteiger partial charge in [-0.2, -0.15) is 0 Å². The molecule has 242 valence electrons. The van der Waals surface area contributed by atoms with E-state index in [2.05, 4.69) is 52.2 Å². The highest BCUT2D eigenvalue weighted by Crippen LogP contribution is 2.30. The van der Waals surface area contributed by atoms with Gasteiger partial charge in [0.1, 0.15) is 0 Å². The normalized spacial score (nSPS) is 16.1. The molecule has 0 heterocycles. The van der Waals surface area contributed by atoms with Crippen molar-refractivity contribution < 1.29 is 19.1 Å². The monoisotopic (exact) mass is 582 g/mol. The molecule has 41 heavy (non-hydrogen) atoms. The second-order valence-electron chi connectivity index (χ2n) is 16.7. The summed E-state index contributed by atoms with van der Waals surface area (Å²) in [5.41, 5.74) is -2.40. The molecule has 1 amide bonds. The van der Waals surface area contributed by atoms with Gasteiger partial charge in [-0.3, -0.25) is 9.59 Å². The number of ketones is 2. The maximum atomic E-state index is 13.2. The topological polar surface area (TPSA) is 87.7 Å². The average Bonchev–Trinajstić information content (AvgIpc) is 2.75. The van der Waals surface area contributed by atoms with Gasteiger partial charge in [-0.15, -0.1) is 0 Å². The second kappa shape index (κ2) is 15.3. The number of nitrogens with zero attached hydrogens (tertiary/aromatic N) is 1. The molecule has 0 saturated carbocycles. The summed E-state index contributed by atoms with van der Waals surface area (Å²) in [4.78, 5) is 40.5. The van der Waals surface area contributed by atoms with Gasteiger partial charge in [-0.1, -0.05) is 67.2 Å². The largest absolute Gasteiger partial charge is 0.449 e. The minimum Gasteiger partial charge on any atom is -0.449 e. The van der Waals surface area contributed by atoms with E-state index in [-0.39, 0.29) is 28.7 Å². The number of amides is 1. The molecule has 0 aromatic carbocycles. The van der Waals surface area contributed by atoms with Crippen molar-refractivity contribution in [3.05, 3.63) is 0 Å². The molecule has 0 rings (SSSR count). The minimum absolute atomic E-state index is 0.139. The Hall–Kier alpha value is -1.47. The fourth-order valence-electron chi connectivity index (χ4n) is 5.92. The van der Waals surface area contributed by atoms with Gasteiger partial charge in [0.15, 0.2) is 11.6 Å². The van der Waals surface area contributed by atoms with E-state index in [0.717, 1.165) is 38.5 Å². The molecule has 2 N–H and O–H groups in total. The van der Waals surface area contributed by atoms with Crippen molar-refractivity contribution in [3.63, 3.8) is 0 Å². The number of unbranched alkanes of at least 4 members (excludes halogenated alkanes) is 4. The molecule has 0 radical (unpaired) electrons. The number of rotatable bonds is 16. The fourth-order valence-corrected chi connectivity index (χ4v) is 5.92. The lowest BCUT2D eigenvalue weighted by molar-refractivity contribution is -0.134. The molecular weight excluding hydrogens is 514 g/mol. The molecule has 2 atom stereocenters. The first-order valence-corrected chi connectivity index (χ1v) is 15.8. The van der Waals surface area contributed by atoms with Crippen LogP contribution in [0, 0.1) is 10.8 Å². The SMILES string of the molecule is CN(CCC[C@@](C)(NC(C)(C)C)C(=O)C(C)(C)C)C(=O)OCCCCCCC[C@](C)(NC(C)(C)C)C(=O)C(C)(C)C. The van der Waals surface area contributed by atoms with E-state index in [1.807, 2.05) is 55.4 Å². The highest BCUT2D eigenvalue weighted by Gasteiger charge is 2.42. The minimum atomic E-state index is -0.665. The summed E-state index contributed by atoms with van der Waals surface area (Å²) in [5.74, 6) is 0.438. The third kappa shape index (κ3) is 15.5. The van der Waals surface area contributed by atoms with Gasteiger partial charge >= 0.3 is 6.09 Å². The van der Waals surface area contributed by atoms with Gasteiger partial charge in [-0.25, -0.2) is 4.79 Å². The van der Waals surface area contributed by atoms with Gasteiger partial charge < -0.3 is 20.3 Å². The van der Waals surface area contributed by atoms with Crippen molar-refractivity contribution in [1.82, 2.24) is 15.5 Å². The molecule has 0 bridgehead atoms. The molecule has 0 aliphatic carbocycles. The van der Waals surface area contributed by atoms with Crippen molar-refractivity contribution in [1.29, 1.82) is 0 Å². The summed E-state index contributed by atoms with van der Waals surface area (Å²) in [6.07, 6.45) is 6.71. The van der Waals surface area contributed by atoms with E-state index in [1.165, 1.54) is 0 Å². The van der Waals surface area contributed by atoms with E-state index < -0.39 is 21.9 Å². The van der Waals surface area contributed by atoms with Gasteiger partial charge in [0.2, 0.25) is 0 Å². The molecule has 0 aliphatic heterocycles. The number of nitrogens with one attached hydrogen (secondary N) is 2. The standard InChI is InChI=1S/C34H67N3O4/c1-29(2,3)26(38)33(13,35-31(7,8)9)22-19-17-16-18-20-25-41-28(40)37(15)24-21-23-34(14,36-32(10,11)12)27(39)30(4,5)6/h35-36H,16-25H2,1-15H3/t33-,34+/m0/s1. The zero-order chi connectivity index (χ0) is 32.5. The Bertz CT molecular complexity index is 842. The van der Waals surface area contributed by atoms with Crippen LogP contribution in [0.2, 0.25) is 0 Å². The summed E-state index contributed by atoms with van der Waals surface area (Å²) < 4.78 is 5.50. The van der Waals surface area contributed by atoms with Crippen LogP contribution < -0.4 is 10.6 Å². The van der Waals surface area contributed by atoms with Crippen LogP contribution in [0.5, 0.6) is 0 Å². The summed E-state index contributed by atoms with van der Waals surface area (Å²) >= 11 is 0. The first-order valence-electron chi connectivity index (χ1n) is 15.8. The Morgan fingerprint density at radius 2 is 0.927 bits per heavy atom. The Kier molecular flexibility index (Phi) is 14.8. The first-order chi connectivity index (χ1) is 18.2. The highest BCUT2D eigenvalue weighted by atomic mass is 16.6. The lowest BCUT2D eigenvalue weighted by Gasteiger charge is -2.40. The molecule has 0 unspecified atom stereocenters. The van der Waals surface area contributed by atoms with Gasteiger partial charge in [0.05, 0.1) is 17.7 Å². The van der Waals surface area contributed by atoms with Gasteiger partial charge in [0, 0.05) is 35.5 Å². The van der Waals surface area contributed by atoms with Crippen LogP contribution in [0.4, 0.5) is 4.79 Å². The van der Waals surface area contributed by atoms with Crippen molar-refractivity contribution in [2.75, 3.05) is 20.2 Å². The number of hydrogen-bond donors (Lipinski definition) is 2. The number of ether oxygens (including phenoxy) is 1. The third-order valence-corrected chi connectivity index (χ3v) is 7.20. The van der Waals surface area contributed by atoms with Crippen LogP contribution in [0.3, 0.4) is 0 Å². The van der Waals surface area contributed by atoms with Crippen molar-refractivity contribution in [2.45, 2.75) is 170 Å². The maximum Gasteiger partial charge on any atom is 0.409 e. The van der Waals surface area contributed by atoms with Crippen molar-refractivity contribution >= 4 is 17.7 Å². The smallest absolute Gasteiger partial charge is 0.409 e. The molecule has 7 heteroatoms. The Labute approximate surface area is 253 Å². The predicted molar refractivity (Wildman–Crippen MR) is 172 cm³/mol. The van der Waals surface area contributed by atoms with Crippen LogP contribution in [-0.4, -0.2) is 64.9 Å². The summed E-state index contributed by atoms with van der Waals surface area (Å²) in [6.45, 7) is 29.3. The van der Waals surface area contributed by atoms with Crippen molar-refractivity contribution in [2.24, 2.45) is 10.8 Å². The molecule has 0 fully saturated rings. The van der Waals surface area contributed by atoms with E-state index >= 15 is 0 Å². The molecule has 0 aromatic heterocycles. The third-order valence-electron chi connectivity index (χ3n) is 7.20. The van der Waals surface area contributed by atoms with E-state index in [0.29, 0.717) is 26.0 Å². The molecular formula is C34H67N3O4. The molecule has 0 saturated heterocycles. The lowest BCUT2D eigenvalue weighted by Crippen LogP contribution is -2.60. The second-order valence-corrected chi connectivity index (χ2v) is 16.7. The quantitative estimate of drug-likeness (QED) is 0.182. The Balaban J connectivity index is 4.55. The molecule has 0 aromatic rings. The Morgan fingerprint density at radius 3 is 1.32 bits per heavy atom. The van der Waals surface area contributed by atoms with Gasteiger partial charge in [0.25, 0.3) is 0 Å². The van der Waals surface area contributed by atoms with Crippen LogP contribution in [0.1, 0.15) is 148 Å². The number of carbonyl (C=O) groups excluding carboxylic acids is 3. The van der Waals surface area contributed by atoms with Crippen LogP contribution in [0.15, 0.2) is 0 Å². The zero-order valence-electron chi connectivity index (χ0n) is 29.7. The van der Waals surface area contributed by atoms with E-state index in [1.54, 1.807) is 11.9 Å². The van der Waals surface area contributed by atoms with Crippen LogP contribution in [-0.2, 0) is 14.3 Å². The van der Waals surface area contributed by atoms with Crippen LogP contribution >= 0.6 is 0 Å². The average molecular weight is 582 g/mol. The lowest BCUT2D eigenvalue weighted by atomic mass is 9.75. The van der Waals surface area contributed by atoms with Gasteiger partial charge in [-0.05, 0) is 81.1 Å². The molecule has 7 nitrogen and oxygen atoms in total. The van der Waals surface area contributed by atoms with E-state index in [4.69, 9.17) is 4.74 Å². The van der Waals surface area contributed by atoms with E-state index in [9.17, 15) is 14.4 Å². The number of Topliss-reactive ketones (excluding diaryl/α,β-unsaturated/α-hetero) is 2. The summed E-state index contributed by atoms with van der Waals surface area (Å²) in [5, 5.41) is 7.12. The summed E-state index contributed by atoms with van der Waals surface area (Å²) in [6, 6.07) is 0. The summed E-state index contributed by atoms with van der Waals surface area (Å²) in [7, 11) is 1.75. The zero-order valence-corrected chi connectivity index (χ0v) is 29.7. The first kappa shape index (κ1) is 39.5. The van der Waals surface area contributed by atoms with Crippen LogP contribution in [0.25, 0.3) is 0 Å². The Morgan fingerprint density at radius 1 is 0.561 bits per heavy atom. The molecule has 0 aliphatic rings. The molecule has 0 spiro atoms. The number of hydrogen-bond acceptors (Lipinski definition) is 6. The van der Waals surface area contributed by atoms with Crippen molar-refractivity contribution in [3.8, 4) is 0 Å². The number of carbonyl (C=O) groups is 3. The fraction of sp³-hybridized carbons (Fsp3) is 0.912. The maximum absolute atomic E-state index is 13.2. The predicted octanol–water partition coefficient (Wildman–Crippen LogP) is 7.70. The highest BCUT2D eigenvalue weighted by molar-refractivity contribution is 5.93.